The van der Waals surface area contributed by atoms with Crippen LogP contribution in [0, 0.1) is 11.6 Å². The van der Waals surface area contributed by atoms with Crippen molar-refractivity contribution in [2.24, 2.45) is 0 Å². The smallest absolute Gasteiger partial charge is 0.387 e. The second-order valence-electron chi connectivity index (χ2n) is 9.66. The highest BCUT2D eigenvalue weighted by Gasteiger charge is 2.46. The van der Waals surface area contributed by atoms with Gasteiger partial charge in [0.1, 0.15) is 42.5 Å². The van der Waals surface area contributed by atoms with Crippen LogP contribution >= 0.6 is 15.6 Å². The van der Waals surface area contributed by atoms with Crippen molar-refractivity contribution in [3.8, 4) is 0 Å². The van der Waals surface area contributed by atoms with Crippen LogP contribution in [0.5, 0.6) is 0 Å². The van der Waals surface area contributed by atoms with Gasteiger partial charge in [-0.25, -0.2) is 46.0 Å². The predicted octanol–water partition coefficient (Wildman–Crippen LogP) is -0.673. The van der Waals surface area contributed by atoms with Gasteiger partial charge in [0.25, 0.3) is 0 Å². The van der Waals surface area contributed by atoms with E-state index in [0.717, 1.165) is 17.1 Å². The fourth-order valence-corrected chi connectivity index (χ4v) is 7.27. The molecule has 21 nitrogen and oxygen atoms in total. The first kappa shape index (κ1) is 34.9. The number of hydrogen-bond acceptors (Lipinski definition) is 16. The molecule has 5 rings (SSSR count). The van der Waals surface area contributed by atoms with Gasteiger partial charge in [-0.2, -0.15) is 4.31 Å². The predicted molar refractivity (Wildman–Crippen MR) is 149 cm³/mol. The normalized spacial score (nSPS) is 22.8. The summed E-state index contributed by atoms with van der Waals surface area (Å²) in [7, 11) is -14.8. The molecule has 1 saturated heterocycles. The highest BCUT2D eigenvalue weighted by Crippen LogP contribution is 2.60. The maximum Gasteiger partial charge on any atom is 0.481 e. The molecule has 0 saturated carbocycles. The molecule has 0 aliphatic carbocycles. The summed E-state index contributed by atoms with van der Waals surface area (Å²) < 4.78 is 99.3. The number of rotatable bonds is 14. The molecule has 0 bridgehead atoms. The van der Waals surface area contributed by atoms with E-state index in [1.54, 1.807) is 0 Å². The van der Waals surface area contributed by atoms with Gasteiger partial charge in [0.15, 0.2) is 29.3 Å². The minimum Gasteiger partial charge on any atom is -0.387 e. The van der Waals surface area contributed by atoms with E-state index in [2.05, 4.69) is 38.8 Å². The van der Waals surface area contributed by atoms with Gasteiger partial charge >= 0.3 is 15.6 Å². The molecule has 1 aromatic carbocycles. The molecule has 2 unspecified atom stereocenters. The third kappa shape index (κ3) is 8.20. The first-order valence-corrected chi connectivity index (χ1v) is 17.5. The zero-order valence-corrected chi connectivity index (χ0v) is 26.0. The molecule has 1 aliphatic rings. The average Bonchev–Trinajstić information content (AvgIpc) is 3.70. The van der Waals surface area contributed by atoms with Gasteiger partial charge in [-0.1, -0.05) is 5.21 Å². The number of nitrogen functional groups attached to an aromatic ring is 1. The molecule has 0 spiro atoms. The topological polar surface area (TPSA) is 298 Å². The van der Waals surface area contributed by atoms with Crippen molar-refractivity contribution in [3.05, 3.63) is 54.4 Å². The third-order valence-corrected chi connectivity index (χ3v) is 10.4. The minimum absolute atomic E-state index is 0.0462. The number of aliphatic hydroxyl groups excluding tert-OH is 2. The van der Waals surface area contributed by atoms with Crippen molar-refractivity contribution < 1.29 is 64.4 Å². The number of imidazole rings is 1. The van der Waals surface area contributed by atoms with Crippen LogP contribution in [-0.2, 0) is 50.4 Å². The molecule has 6 atom stereocenters. The fourth-order valence-electron chi connectivity index (χ4n) is 4.18. The van der Waals surface area contributed by atoms with E-state index in [1.165, 1.54) is 17.1 Å². The van der Waals surface area contributed by atoms with Crippen LogP contribution in [0.3, 0.4) is 0 Å². The van der Waals surface area contributed by atoms with E-state index in [4.69, 9.17) is 15.0 Å². The average molecular weight is 727 g/mol. The highest BCUT2D eigenvalue weighted by atomic mass is 32.2. The van der Waals surface area contributed by atoms with Crippen molar-refractivity contribution in [1.29, 1.82) is 0 Å². The molecule has 1 aliphatic heterocycles. The Hall–Kier alpha value is -3.38. The molecule has 47 heavy (non-hydrogen) atoms. The SMILES string of the molecule is Nc1ncnc2c1ncn2[C@@H]1O[C@H](COP(=O)(O)OP(=O)(O)OCc2cn(CCNS(=O)(=O)c3ccc(F)c(F)c3)nn2)[C@@H](O)[C@H]1O. The highest BCUT2D eigenvalue weighted by molar-refractivity contribution is 7.89. The van der Waals surface area contributed by atoms with E-state index in [0.29, 0.717) is 12.1 Å². The van der Waals surface area contributed by atoms with Crippen LogP contribution in [0.25, 0.3) is 11.2 Å². The summed E-state index contributed by atoms with van der Waals surface area (Å²) in [6.45, 7) is -2.04. The lowest BCUT2D eigenvalue weighted by atomic mass is 10.1. The molecular formula is C21H25F2N9O12P2S. The molecule has 4 heterocycles. The van der Waals surface area contributed by atoms with Gasteiger partial charge in [-0.3, -0.25) is 18.3 Å². The molecule has 3 aromatic heterocycles. The first-order valence-electron chi connectivity index (χ1n) is 13.0. The summed E-state index contributed by atoms with van der Waals surface area (Å²) in [6, 6.07) is 2.05. The van der Waals surface area contributed by atoms with E-state index in [1.807, 2.05) is 0 Å². The first-order chi connectivity index (χ1) is 22.1. The monoisotopic (exact) mass is 727 g/mol. The van der Waals surface area contributed by atoms with Gasteiger partial charge in [0.05, 0.1) is 30.6 Å². The van der Waals surface area contributed by atoms with E-state index in [-0.39, 0.29) is 35.8 Å². The van der Waals surface area contributed by atoms with Crippen molar-refractivity contribution in [3.63, 3.8) is 0 Å². The standard InChI is InChI=1S/C21H25F2N9O12P2S/c22-13-2-1-12(5-14(13)23)47(39,40)28-3-4-31-6-11(29-30-31)7-41-45(35,36)44-46(37,38)42-8-15-17(33)18(34)21(43-15)32-10-27-16-19(24)25-9-26-20(16)32/h1-2,5-6,9-10,15,17-18,21,28,33-34H,3-4,7-8H2,(H,35,36)(H,37,38)(H2,24,25,26)/t15-,17-,18-,21-/m1/s1. The van der Waals surface area contributed by atoms with E-state index < -0.39 is 80.0 Å². The maximum absolute atomic E-state index is 13.4. The number of halogens is 2. The van der Waals surface area contributed by atoms with E-state index >= 15 is 0 Å². The van der Waals surface area contributed by atoms with Crippen LogP contribution in [0.1, 0.15) is 11.9 Å². The number of nitrogens with zero attached hydrogens (tertiary/aromatic N) is 7. The molecule has 4 aromatic rings. The summed E-state index contributed by atoms with van der Waals surface area (Å²) in [6.07, 6.45) is -2.40. The van der Waals surface area contributed by atoms with Gasteiger partial charge in [0, 0.05) is 6.54 Å². The Morgan fingerprint density at radius 2 is 1.81 bits per heavy atom. The molecule has 256 valence electrons. The number of sulfonamides is 1. The number of phosphoric ester groups is 2. The fraction of sp³-hybridized carbons (Fsp3) is 0.381. The Morgan fingerprint density at radius 3 is 2.55 bits per heavy atom. The second kappa shape index (κ2) is 13.6. The molecule has 0 radical (unpaired) electrons. The quantitative estimate of drug-likeness (QED) is 0.0877. The summed E-state index contributed by atoms with van der Waals surface area (Å²) in [5, 5.41) is 28.2. The van der Waals surface area contributed by atoms with Crippen LogP contribution < -0.4 is 10.5 Å². The van der Waals surface area contributed by atoms with Crippen LogP contribution in [0.2, 0.25) is 0 Å². The molecule has 26 heteroatoms. The number of phosphoric acid groups is 2. The van der Waals surface area contributed by atoms with Crippen molar-refractivity contribution in [2.45, 2.75) is 42.6 Å². The summed E-state index contributed by atoms with van der Waals surface area (Å²) in [4.78, 5) is 31.2. The summed E-state index contributed by atoms with van der Waals surface area (Å²) in [5.41, 5.74) is 6.01. The van der Waals surface area contributed by atoms with E-state index in [9.17, 15) is 46.3 Å². The number of fused-ring (bicyclic) bond motifs is 1. The Morgan fingerprint density at radius 1 is 1.06 bits per heavy atom. The Bertz CT molecular complexity index is 1970. The number of nitrogens with one attached hydrogen (secondary N) is 1. The van der Waals surface area contributed by atoms with Crippen LogP contribution in [0.4, 0.5) is 14.6 Å². The van der Waals surface area contributed by atoms with Crippen molar-refractivity contribution in [1.82, 2.24) is 39.2 Å². The Kier molecular flexibility index (Phi) is 10.1. The molecular weight excluding hydrogens is 702 g/mol. The summed E-state index contributed by atoms with van der Waals surface area (Å²) >= 11 is 0. The lowest BCUT2D eigenvalue weighted by Gasteiger charge is -2.19. The van der Waals surface area contributed by atoms with Crippen molar-refractivity contribution >= 4 is 42.7 Å². The lowest BCUT2D eigenvalue weighted by Crippen LogP contribution is -2.33. The van der Waals surface area contributed by atoms with Gasteiger partial charge < -0.3 is 30.5 Å². The zero-order chi connectivity index (χ0) is 34.1. The van der Waals surface area contributed by atoms with Crippen molar-refractivity contribution in [2.75, 3.05) is 18.9 Å². The van der Waals surface area contributed by atoms with Crippen LogP contribution in [0.15, 0.2) is 41.9 Å². The van der Waals surface area contributed by atoms with Gasteiger partial charge in [0.2, 0.25) is 10.0 Å². The molecule has 0 amide bonds. The minimum atomic E-state index is -5.33. The largest absolute Gasteiger partial charge is 0.481 e. The summed E-state index contributed by atoms with van der Waals surface area (Å²) in [5.74, 6) is -2.52. The number of benzene rings is 1. The Balaban J connectivity index is 1.09. The number of hydrogen-bond donors (Lipinski definition) is 6. The van der Waals surface area contributed by atoms with Crippen LogP contribution in [-0.4, -0.2) is 94.4 Å². The zero-order valence-electron chi connectivity index (χ0n) is 23.4. The number of aromatic nitrogens is 7. The molecule has 1 fully saturated rings. The number of ether oxygens (including phenoxy) is 1. The lowest BCUT2D eigenvalue weighted by molar-refractivity contribution is -0.0504. The number of aliphatic hydroxyl groups is 2. The number of anilines is 1. The third-order valence-electron chi connectivity index (χ3n) is 6.40. The maximum atomic E-state index is 13.4. The second-order valence-corrected chi connectivity index (χ2v) is 14.5. The Labute approximate surface area is 262 Å². The molecule has 7 N–H and O–H groups in total. The van der Waals surface area contributed by atoms with Gasteiger partial charge in [-0.05, 0) is 18.2 Å². The number of nitrogens with two attached hydrogens (primary N) is 1. The van der Waals surface area contributed by atoms with Gasteiger partial charge in [-0.15, -0.1) is 5.10 Å².